The van der Waals surface area contributed by atoms with Crippen molar-refractivity contribution in [2.24, 2.45) is 0 Å². The minimum absolute atomic E-state index is 0.134. The number of benzene rings is 1. The van der Waals surface area contributed by atoms with Crippen LogP contribution in [-0.4, -0.2) is 34.4 Å². The molecule has 2 heterocycles. The summed E-state index contributed by atoms with van der Waals surface area (Å²) >= 11 is 0. The van der Waals surface area contributed by atoms with Gasteiger partial charge in [-0.3, -0.25) is 0 Å². The lowest BCUT2D eigenvalue weighted by Gasteiger charge is -2.15. The van der Waals surface area contributed by atoms with Gasteiger partial charge in [-0.1, -0.05) is 30.4 Å². The van der Waals surface area contributed by atoms with E-state index in [9.17, 15) is 22.8 Å². The lowest BCUT2D eigenvalue weighted by molar-refractivity contribution is -0.110. The Morgan fingerprint density at radius 2 is 1.83 bits per heavy atom. The summed E-state index contributed by atoms with van der Waals surface area (Å²) in [4.78, 5) is 35.9. The number of rotatable bonds is 5. The Morgan fingerprint density at radius 1 is 1.12 bits per heavy atom. The van der Waals surface area contributed by atoms with Crippen LogP contribution in [0, 0.1) is 0 Å². The number of fused-ring (bicyclic) bond motifs is 1. The molecule has 1 aliphatic rings. The second-order valence-electron chi connectivity index (χ2n) is 5.33. The minimum Gasteiger partial charge on any atom is -0.301 e. The summed E-state index contributed by atoms with van der Waals surface area (Å²) in [6.45, 7) is -0.107. The Kier molecular flexibility index (Phi) is 4.10. The van der Waals surface area contributed by atoms with E-state index in [0.29, 0.717) is 6.29 Å². The van der Waals surface area contributed by atoms with E-state index in [0.717, 1.165) is 13.9 Å². The third kappa shape index (κ3) is 2.67. The van der Waals surface area contributed by atoms with Crippen LogP contribution >= 0.6 is 0 Å². The third-order valence-corrected chi connectivity index (χ3v) is 5.57. The zero-order valence-electron chi connectivity index (χ0n) is 12.6. The molecule has 1 aromatic heterocycles. The molecule has 24 heavy (non-hydrogen) atoms. The average Bonchev–Trinajstić information content (AvgIpc) is 2.85. The predicted molar refractivity (Wildman–Crippen MR) is 85.7 cm³/mol. The van der Waals surface area contributed by atoms with Crippen molar-refractivity contribution in [1.82, 2.24) is 13.9 Å². The van der Waals surface area contributed by atoms with Gasteiger partial charge >= 0.3 is 11.4 Å². The molecule has 0 radical (unpaired) electrons. The fourth-order valence-electron chi connectivity index (χ4n) is 2.63. The molecule has 1 aromatic carbocycles. The van der Waals surface area contributed by atoms with Crippen LogP contribution in [0.15, 0.2) is 57.0 Å². The first-order valence-corrected chi connectivity index (χ1v) is 8.93. The number of sulfone groups is 1. The Morgan fingerprint density at radius 3 is 2.50 bits per heavy atom. The van der Waals surface area contributed by atoms with Crippen molar-refractivity contribution >= 4 is 16.1 Å². The van der Waals surface area contributed by atoms with E-state index in [1.165, 1.54) is 18.2 Å². The van der Waals surface area contributed by atoms with Crippen LogP contribution in [0.2, 0.25) is 0 Å². The summed E-state index contributed by atoms with van der Waals surface area (Å²) in [5.41, 5.74) is -1.32. The minimum atomic E-state index is -3.61. The molecule has 0 N–H and O–H groups in total. The second-order valence-corrected chi connectivity index (χ2v) is 7.44. The van der Waals surface area contributed by atoms with Crippen LogP contribution in [0.1, 0.15) is 6.04 Å². The normalized spacial score (nSPS) is 16.8. The number of carbonyl (C=O) groups is 1. The van der Waals surface area contributed by atoms with Gasteiger partial charge in [-0.2, -0.15) is 0 Å². The highest BCUT2D eigenvalue weighted by atomic mass is 32.2. The van der Waals surface area contributed by atoms with E-state index in [1.54, 1.807) is 24.3 Å². The van der Waals surface area contributed by atoms with E-state index in [2.05, 4.69) is 0 Å². The Balaban J connectivity index is 1.93. The van der Waals surface area contributed by atoms with Gasteiger partial charge in [0.1, 0.15) is 12.3 Å². The predicted octanol–water partition coefficient (Wildman–Crippen LogP) is -0.405. The van der Waals surface area contributed by atoms with Crippen LogP contribution in [0.3, 0.4) is 0 Å². The topological polar surface area (TPSA) is 100 Å². The van der Waals surface area contributed by atoms with E-state index in [4.69, 9.17) is 0 Å². The molecule has 2 aromatic rings. The fraction of sp³-hybridized carbons (Fsp3) is 0.267. The average molecular weight is 349 g/mol. The molecule has 0 amide bonds. The molecular weight excluding hydrogens is 334 g/mol. The van der Waals surface area contributed by atoms with Gasteiger partial charge in [0.25, 0.3) is 0 Å². The monoisotopic (exact) mass is 349 g/mol. The van der Waals surface area contributed by atoms with Crippen LogP contribution in [-0.2, 0) is 27.7 Å². The lowest BCUT2D eigenvalue weighted by atomic mass is 10.3. The molecule has 0 spiro atoms. The second kappa shape index (κ2) is 6.08. The quantitative estimate of drug-likeness (QED) is 0.540. The molecule has 1 unspecified atom stereocenters. The van der Waals surface area contributed by atoms with E-state index in [1.807, 2.05) is 0 Å². The molecule has 8 nitrogen and oxygen atoms in total. The van der Waals surface area contributed by atoms with Gasteiger partial charge < -0.3 is 4.79 Å². The zero-order valence-corrected chi connectivity index (χ0v) is 13.4. The van der Waals surface area contributed by atoms with E-state index in [-0.39, 0.29) is 23.7 Å². The largest absolute Gasteiger partial charge is 0.348 e. The molecule has 0 fully saturated rings. The van der Waals surface area contributed by atoms with Crippen LogP contribution in [0.25, 0.3) is 0 Å². The summed E-state index contributed by atoms with van der Waals surface area (Å²) < 4.78 is 27.6. The van der Waals surface area contributed by atoms with Crippen molar-refractivity contribution in [3.05, 3.63) is 63.5 Å². The number of carbonyl (C=O) groups excluding carboxylic acids is 1. The molecule has 0 saturated carbocycles. The Hall–Kier alpha value is -2.68. The summed E-state index contributed by atoms with van der Waals surface area (Å²) in [6.07, 6.45) is 3.70. The maximum absolute atomic E-state index is 12.4. The first-order chi connectivity index (χ1) is 11.5. The number of nitrogens with zero attached hydrogens (tertiary/aromatic N) is 3. The molecule has 126 valence electrons. The van der Waals surface area contributed by atoms with Gasteiger partial charge in [0.05, 0.1) is 17.2 Å². The number of hydrogen-bond acceptors (Lipinski definition) is 5. The highest BCUT2D eigenvalue weighted by Gasteiger charge is 2.24. The molecule has 9 heteroatoms. The summed E-state index contributed by atoms with van der Waals surface area (Å²) in [5.74, 6) is -0.380. The van der Waals surface area contributed by atoms with Gasteiger partial charge in [0.2, 0.25) is 0 Å². The molecule has 3 rings (SSSR count). The maximum Gasteiger partial charge on any atom is 0.348 e. The van der Waals surface area contributed by atoms with E-state index < -0.39 is 27.3 Å². The molecule has 0 saturated heterocycles. The van der Waals surface area contributed by atoms with Crippen LogP contribution < -0.4 is 11.4 Å². The lowest BCUT2D eigenvalue weighted by Crippen LogP contribution is -2.33. The van der Waals surface area contributed by atoms with Gasteiger partial charge in [0, 0.05) is 6.54 Å². The van der Waals surface area contributed by atoms with Crippen molar-refractivity contribution in [3.8, 4) is 0 Å². The summed E-state index contributed by atoms with van der Waals surface area (Å²) in [5, 5.41) is 0. The van der Waals surface area contributed by atoms with Crippen molar-refractivity contribution < 1.29 is 13.2 Å². The third-order valence-electron chi connectivity index (χ3n) is 3.86. The fourth-order valence-corrected chi connectivity index (χ4v) is 3.86. The van der Waals surface area contributed by atoms with Gasteiger partial charge in [0.15, 0.2) is 9.84 Å². The summed E-state index contributed by atoms with van der Waals surface area (Å²) in [6, 6.07) is 6.97. The first kappa shape index (κ1) is 16.2. The zero-order chi connectivity index (χ0) is 17.3. The van der Waals surface area contributed by atoms with Crippen molar-refractivity contribution in [2.75, 3.05) is 5.75 Å². The van der Waals surface area contributed by atoms with Crippen LogP contribution in [0.5, 0.6) is 0 Å². The van der Waals surface area contributed by atoms with Crippen molar-refractivity contribution in [2.45, 2.75) is 24.0 Å². The van der Waals surface area contributed by atoms with Gasteiger partial charge in [-0.15, -0.1) is 0 Å². The van der Waals surface area contributed by atoms with Crippen molar-refractivity contribution in [3.63, 3.8) is 0 Å². The SMILES string of the molecule is O=CC1C=CCn2c(=O)n(CCS(=O)(=O)c3ccccc3)c(=O)n21. The maximum atomic E-state index is 12.4. The molecule has 1 atom stereocenters. The number of allylic oxidation sites excluding steroid dienone is 2. The first-order valence-electron chi connectivity index (χ1n) is 7.27. The molecule has 1 aliphatic heterocycles. The van der Waals surface area contributed by atoms with Gasteiger partial charge in [-0.25, -0.2) is 31.9 Å². The highest BCUT2D eigenvalue weighted by Crippen LogP contribution is 2.10. The molecule has 0 aliphatic carbocycles. The Labute approximate surface area is 137 Å². The van der Waals surface area contributed by atoms with Crippen LogP contribution in [0.4, 0.5) is 0 Å². The van der Waals surface area contributed by atoms with Gasteiger partial charge in [-0.05, 0) is 12.1 Å². The Bertz CT molecular complexity index is 1010. The smallest absolute Gasteiger partial charge is 0.301 e. The standard InChI is InChI=1S/C15H15N3O5S/c19-11-12-5-4-8-17-14(20)16(15(21)18(12)17)9-10-24(22,23)13-6-2-1-3-7-13/h1-7,11-12H,8-10H2. The highest BCUT2D eigenvalue weighted by molar-refractivity contribution is 7.91. The number of aldehydes is 1. The summed E-state index contributed by atoms with van der Waals surface area (Å²) in [7, 11) is -3.61. The van der Waals surface area contributed by atoms with Crippen molar-refractivity contribution in [1.29, 1.82) is 0 Å². The molecular formula is C15H15N3O5S. The molecule has 0 bridgehead atoms. The number of aromatic nitrogens is 3. The number of hydrogen-bond donors (Lipinski definition) is 0. The van der Waals surface area contributed by atoms with E-state index >= 15 is 0 Å².